The van der Waals surface area contributed by atoms with E-state index in [-0.39, 0.29) is 11.0 Å². The summed E-state index contributed by atoms with van der Waals surface area (Å²) >= 11 is 1.88. The quantitative estimate of drug-likeness (QED) is 0.457. The normalized spacial score (nSPS) is 18.4. The van der Waals surface area contributed by atoms with Gasteiger partial charge in [0.15, 0.2) is 0 Å². The zero-order valence-electron chi connectivity index (χ0n) is 6.93. The van der Waals surface area contributed by atoms with Gasteiger partial charge in [-0.1, -0.05) is 0 Å². The van der Waals surface area contributed by atoms with Crippen molar-refractivity contribution in [3.05, 3.63) is 0 Å². The number of aliphatic imine (C=N–C) groups is 1. The highest BCUT2D eigenvalue weighted by Crippen LogP contribution is 2.01. The zero-order chi connectivity index (χ0) is 9.14. The maximum atomic E-state index is 11.1. The fourth-order valence-electron chi connectivity index (χ4n) is 0.681. The van der Waals surface area contributed by atoms with Crippen LogP contribution in [-0.4, -0.2) is 57.1 Å². The summed E-state index contributed by atoms with van der Waals surface area (Å²) in [5.41, 5.74) is 4.78. The van der Waals surface area contributed by atoms with E-state index < -0.39 is 18.1 Å². The van der Waals surface area contributed by atoms with E-state index in [0.717, 1.165) is 11.4 Å². The van der Waals surface area contributed by atoms with Crippen molar-refractivity contribution in [2.45, 2.75) is 6.17 Å². The van der Waals surface area contributed by atoms with Crippen molar-refractivity contribution in [2.24, 2.45) is 10.7 Å². The maximum absolute atomic E-state index is 11.1. The van der Waals surface area contributed by atoms with Crippen molar-refractivity contribution >= 4 is 34.9 Å². The molecule has 0 aromatic rings. The Morgan fingerprint density at radius 3 is 2.64 bits per heavy atom. The van der Waals surface area contributed by atoms with Crippen LogP contribution in [-0.2, 0) is 8.68 Å². The summed E-state index contributed by atoms with van der Waals surface area (Å²) in [4.78, 5) is 25.0. The Morgan fingerprint density at radius 1 is 1.71 bits per heavy atom. The number of nitrogens with zero attached hydrogens (tertiary/aromatic N) is 2. The minimum absolute atomic E-state index is 0. The van der Waals surface area contributed by atoms with Crippen LogP contribution in [0.5, 0.6) is 0 Å². The Morgan fingerprint density at radius 2 is 2.29 bits per heavy atom. The lowest BCUT2D eigenvalue weighted by Gasteiger charge is -2.12. The standard InChI is InChI=1S/C4H5N4O3.Al.2H2O/c5-4(10)7-2-3(9)8(11)1-6-2;;;/h1-2H,(H3,5,7,10);;2*1H2/q-1;+1;;. The number of hydrogen-bond acceptors (Lipinski definition) is 4. The van der Waals surface area contributed by atoms with Crippen molar-refractivity contribution in [2.75, 3.05) is 0 Å². The summed E-state index contributed by atoms with van der Waals surface area (Å²) in [6.45, 7) is 0. The first-order chi connectivity index (χ1) is 5.65. The molecule has 0 spiro atoms. The average molecular weight is 220 g/mol. The molecule has 3 amide bonds. The number of urea groups is 1. The Balaban J connectivity index is 0. The van der Waals surface area contributed by atoms with Gasteiger partial charge in [0.2, 0.25) is 6.17 Å². The smallest absolute Gasteiger partial charge is 0.422 e. The summed E-state index contributed by atoms with van der Waals surface area (Å²) in [6.07, 6.45) is 0.179. The van der Waals surface area contributed by atoms with E-state index >= 15 is 0 Å². The van der Waals surface area contributed by atoms with Crippen LogP contribution in [0.15, 0.2) is 4.99 Å². The molecule has 9 nitrogen and oxygen atoms in total. The summed E-state index contributed by atoms with van der Waals surface area (Å²) in [5.74, 6) is -0.496. The van der Waals surface area contributed by atoms with Crippen LogP contribution in [0.25, 0.3) is 0 Å². The number of primary amides is 1. The fraction of sp³-hybridized carbons (Fsp3) is 0.250. The van der Waals surface area contributed by atoms with Gasteiger partial charge in [-0.3, -0.25) is 4.79 Å². The second-order valence-corrected chi connectivity index (χ2v) is 2.16. The molecule has 0 aromatic carbocycles. The maximum Gasteiger partial charge on any atom is 0.423 e. The monoisotopic (exact) mass is 220 g/mol. The minimum atomic E-state index is -0.969. The molecule has 14 heavy (non-hydrogen) atoms. The van der Waals surface area contributed by atoms with E-state index in [9.17, 15) is 9.59 Å². The third-order valence-corrected chi connectivity index (χ3v) is 1.39. The van der Waals surface area contributed by atoms with Gasteiger partial charge in [0.1, 0.15) is 6.34 Å². The van der Waals surface area contributed by atoms with Gasteiger partial charge in [0, 0.05) is 0 Å². The summed E-state index contributed by atoms with van der Waals surface area (Å²) < 4.78 is 4.49. The number of nitrogens with two attached hydrogens (primary N) is 1. The van der Waals surface area contributed by atoms with E-state index in [2.05, 4.69) is 14.2 Å². The van der Waals surface area contributed by atoms with Crippen molar-refractivity contribution in [3.63, 3.8) is 0 Å². The minimum Gasteiger partial charge on any atom is -0.422 e. The number of hydroxylamine groups is 2. The Hall–Kier alpha value is -1.18. The van der Waals surface area contributed by atoms with Crippen LogP contribution in [0, 0.1) is 0 Å². The van der Waals surface area contributed by atoms with Gasteiger partial charge in [-0.25, -0.2) is 14.9 Å². The predicted octanol–water partition coefficient (Wildman–Crippen LogP) is -3.78. The molecule has 78 valence electrons. The van der Waals surface area contributed by atoms with Crippen LogP contribution in [0.4, 0.5) is 4.79 Å². The van der Waals surface area contributed by atoms with Crippen LogP contribution in [0.3, 0.4) is 0 Å². The number of carbonyl (C=O) groups is 2. The van der Waals surface area contributed by atoms with Crippen LogP contribution in [0.2, 0.25) is 0 Å². The number of carbonyl (C=O) groups excluding carboxylic acids is 2. The molecule has 0 bridgehead atoms. The number of nitrogens with one attached hydrogen (secondary N) is 1. The molecule has 1 heterocycles. The molecule has 0 aliphatic carbocycles. The van der Waals surface area contributed by atoms with E-state index in [1.165, 1.54) is 0 Å². The molecule has 2 radical (unpaired) electrons. The predicted molar refractivity (Wildman–Crippen MR) is 45.9 cm³/mol. The first-order valence-corrected chi connectivity index (χ1v) is 3.41. The highest BCUT2D eigenvalue weighted by molar-refractivity contribution is 6.03. The molecule has 1 aliphatic heterocycles. The average Bonchev–Trinajstić information content (AvgIpc) is 2.32. The highest BCUT2D eigenvalue weighted by Gasteiger charge is 2.28. The van der Waals surface area contributed by atoms with Crippen LogP contribution in [0.1, 0.15) is 0 Å². The third-order valence-electron chi connectivity index (χ3n) is 1.16. The number of hydrogen-bond donors (Lipinski definition) is 2. The number of rotatable bonds is 2. The lowest BCUT2D eigenvalue weighted by atomic mass is 10.5. The molecule has 10 heteroatoms. The second-order valence-electron chi connectivity index (χ2n) is 1.95. The molecular formula is C4H9AlN4O5. The van der Waals surface area contributed by atoms with Crippen molar-refractivity contribution in [1.82, 2.24) is 10.4 Å². The first kappa shape index (κ1) is 15.3. The SMILES string of the molecule is NC(=O)NC1N=CN([O][Al])C1=O.O.O. The fourth-order valence-corrected chi connectivity index (χ4v) is 0.840. The zero-order valence-corrected chi connectivity index (χ0v) is 8.08. The third kappa shape index (κ3) is 3.29. The largest absolute Gasteiger partial charge is 0.423 e. The molecule has 1 unspecified atom stereocenters. The molecule has 0 saturated heterocycles. The van der Waals surface area contributed by atoms with Crippen molar-refractivity contribution in [1.29, 1.82) is 0 Å². The van der Waals surface area contributed by atoms with Gasteiger partial charge in [-0.2, -0.15) is 0 Å². The summed E-state index contributed by atoms with van der Waals surface area (Å²) in [6, 6.07) is -0.809. The second kappa shape index (κ2) is 6.30. The lowest BCUT2D eigenvalue weighted by molar-refractivity contribution is -0.142. The molecule has 1 atom stereocenters. The first-order valence-electron chi connectivity index (χ1n) is 2.94. The van der Waals surface area contributed by atoms with Crippen LogP contribution < -0.4 is 11.1 Å². The van der Waals surface area contributed by atoms with Gasteiger partial charge in [0.05, 0.1) is 0 Å². The number of amides is 3. The van der Waals surface area contributed by atoms with E-state index in [4.69, 9.17) is 5.73 Å². The molecular weight excluding hydrogens is 211 g/mol. The molecule has 1 rings (SSSR count). The van der Waals surface area contributed by atoms with E-state index in [1.807, 2.05) is 16.6 Å². The molecule has 1 aliphatic rings. The van der Waals surface area contributed by atoms with Crippen molar-refractivity contribution < 1.29 is 24.4 Å². The van der Waals surface area contributed by atoms with Gasteiger partial charge in [0.25, 0.3) is 5.91 Å². The molecule has 7 N–H and O–H groups in total. The van der Waals surface area contributed by atoms with Gasteiger partial charge in [-0.15, -0.1) is 0 Å². The molecule has 0 aromatic heterocycles. The highest BCUT2D eigenvalue weighted by atomic mass is 27.1. The molecule has 0 saturated carbocycles. The Kier molecular flexibility index (Phi) is 6.89. The van der Waals surface area contributed by atoms with Crippen LogP contribution >= 0.6 is 0 Å². The van der Waals surface area contributed by atoms with Gasteiger partial charge in [-0.05, 0) is 0 Å². The summed E-state index contributed by atoms with van der Waals surface area (Å²) in [5, 5.41) is 2.98. The summed E-state index contributed by atoms with van der Waals surface area (Å²) in [7, 11) is 0. The molecule has 0 fully saturated rings. The Bertz CT molecular complexity index is 246. The van der Waals surface area contributed by atoms with Crippen molar-refractivity contribution in [3.8, 4) is 0 Å². The lowest BCUT2D eigenvalue weighted by Crippen LogP contribution is -2.44. The van der Waals surface area contributed by atoms with E-state index in [0.29, 0.717) is 0 Å². The van der Waals surface area contributed by atoms with Gasteiger partial charge < -0.3 is 25.9 Å². The van der Waals surface area contributed by atoms with E-state index in [1.54, 1.807) is 0 Å². The topological polar surface area (TPSA) is 160 Å². The van der Waals surface area contributed by atoms with Gasteiger partial charge >= 0.3 is 22.7 Å². The Labute approximate surface area is 87.2 Å².